The van der Waals surface area contributed by atoms with Crippen LogP contribution in [0, 0.1) is 0 Å². The van der Waals surface area contributed by atoms with Gasteiger partial charge in [-0.15, -0.1) is 0 Å². The molecule has 0 saturated heterocycles. The highest BCUT2D eigenvalue weighted by atomic mass is 16.5. The molecule has 8 heteroatoms. The van der Waals surface area contributed by atoms with E-state index in [1.165, 1.54) is 4.90 Å². The van der Waals surface area contributed by atoms with Crippen molar-refractivity contribution >= 4 is 18.0 Å². The Morgan fingerprint density at radius 3 is 2.10 bits per heavy atom. The first-order valence-electron chi connectivity index (χ1n) is 13.2. The van der Waals surface area contributed by atoms with E-state index in [0.29, 0.717) is 6.42 Å². The summed E-state index contributed by atoms with van der Waals surface area (Å²) in [4.78, 5) is 39.2. The number of carboxylic acid groups (broad SMARTS) is 1. The monoisotopic (exact) mass is 530 g/mol. The van der Waals surface area contributed by atoms with Crippen LogP contribution in [0.5, 0.6) is 0 Å². The maximum absolute atomic E-state index is 13.5. The number of nitrogens with one attached hydrogen (secondary N) is 1. The van der Waals surface area contributed by atoms with Gasteiger partial charge in [0.2, 0.25) is 5.91 Å². The van der Waals surface area contributed by atoms with Crippen molar-refractivity contribution in [2.45, 2.75) is 44.9 Å². The van der Waals surface area contributed by atoms with Gasteiger partial charge in [-0.2, -0.15) is 0 Å². The largest absolute Gasteiger partial charge is 0.480 e. The molecule has 4 rings (SSSR count). The lowest BCUT2D eigenvalue weighted by molar-refractivity contribution is -0.147. The van der Waals surface area contributed by atoms with Crippen LogP contribution < -0.4 is 5.32 Å². The molecule has 3 aromatic rings. The third-order valence-electron chi connectivity index (χ3n) is 6.84. The zero-order valence-corrected chi connectivity index (χ0v) is 22.2. The van der Waals surface area contributed by atoms with Gasteiger partial charge in [-0.25, -0.2) is 4.79 Å². The number of hydrogen-bond acceptors (Lipinski definition) is 5. The van der Waals surface area contributed by atoms with Crippen LogP contribution in [-0.2, 0) is 25.7 Å². The molecule has 0 spiro atoms. The van der Waals surface area contributed by atoms with Gasteiger partial charge in [0.15, 0.2) is 0 Å². The molecule has 2 N–H and O–H groups in total. The number of aliphatic carboxylic acids is 1. The fourth-order valence-corrected chi connectivity index (χ4v) is 4.94. The molecular formula is C31H34N2O6. The maximum Gasteiger partial charge on any atom is 0.407 e. The van der Waals surface area contributed by atoms with E-state index in [0.717, 1.165) is 27.8 Å². The molecule has 1 aliphatic carbocycles. The first-order valence-corrected chi connectivity index (χ1v) is 13.2. The molecule has 8 nitrogen and oxygen atoms in total. The van der Waals surface area contributed by atoms with E-state index in [9.17, 15) is 19.5 Å². The van der Waals surface area contributed by atoms with Crippen molar-refractivity contribution in [2.24, 2.45) is 0 Å². The van der Waals surface area contributed by atoms with E-state index in [2.05, 4.69) is 17.4 Å². The first-order chi connectivity index (χ1) is 18.9. The quantitative estimate of drug-likeness (QED) is 0.348. The number of fused-ring (bicyclic) bond motifs is 3. The van der Waals surface area contributed by atoms with E-state index >= 15 is 0 Å². The van der Waals surface area contributed by atoms with Crippen LogP contribution in [0.1, 0.15) is 42.9 Å². The maximum atomic E-state index is 13.5. The molecule has 0 heterocycles. The zero-order valence-electron chi connectivity index (χ0n) is 22.2. The summed E-state index contributed by atoms with van der Waals surface area (Å²) in [7, 11) is 0. The summed E-state index contributed by atoms with van der Waals surface area (Å²) in [6.07, 6.45) is -0.945. The molecule has 1 aliphatic rings. The molecule has 204 valence electrons. The summed E-state index contributed by atoms with van der Waals surface area (Å²) in [6.45, 7) is 3.62. The number of hydrogen-bond donors (Lipinski definition) is 2. The minimum Gasteiger partial charge on any atom is -0.480 e. The van der Waals surface area contributed by atoms with Crippen molar-refractivity contribution in [2.75, 3.05) is 19.7 Å². The third-order valence-corrected chi connectivity index (χ3v) is 6.84. The number of benzene rings is 3. The number of carbonyl (C=O) groups is 3. The van der Waals surface area contributed by atoms with Crippen molar-refractivity contribution < 1.29 is 29.0 Å². The molecule has 3 aromatic carbocycles. The molecule has 39 heavy (non-hydrogen) atoms. The Hall–Kier alpha value is -4.17. The fourth-order valence-electron chi connectivity index (χ4n) is 4.94. The molecule has 2 atom stereocenters. The van der Waals surface area contributed by atoms with E-state index in [-0.39, 0.29) is 25.7 Å². The standard InChI is InChI=1S/C31H34N2O6/c1-3-17-33(18-28(34)35)30(36)29(21(2)38-19-22-11-5-4-6-12-22)32-31(37)39-20-27-25-15-9-7-13-23(25)24-14-8-10-16-26(24)27/h4-16,21,27,29H,3,17-20H2,1-2H3,(H,32,37)(H,34,35). The van der Waals surface area contributed by atoms with Crippen molar-refractivity contribution in [3.63, 3.8) is 0 Å². The molecule has 0 fully saturated rings. The van der Waals surface area contributed by atoms with Gasteiger partial charge in [0.25, 0.3) is 0 Å². The van der Waals surface area contributed by atoms with Crippen LogP contribution >= 0.6 is 0 Å². The van der Waals surface area contributed by atoms with Crippen LogP contribution in [0.4, 0.5) is 4.79 Å². The Labute approximate surface area is 228 Å². The van der Waals surface area contributed by atoms with Gasteiger partial charge in [-0.1, -0.05) is 85.8 Å². The second-order valence-corrected chi connectivity index (χ2v) is 9.60. The summed E-state index contributed by atoms with van der Waals surface area (Å²) in [5.74, 6) is -1.80. The average Bonchev–Trinajstić information content (AvgIpc) is 3.27. The molecule has 2 unspecified atom stereocenters. The Morgan fingerprint density at radius 1 is 0.923 bits per heavy atom. The highest BCUT2D eigenvalue weighted by Crippen LogP contribution is 2.44. The summed E-state index contributed by atoms with van der Waals surface area (Å²) >= 11 is 0. The lowest BCUT2D eigenvalue weighted by Crippen LogP contribution is -2.55. The number of carbonyl (C=O) groups excluding carboxylic acids is 2. The van der Waals surface area contributed by atoms with Crippen molar-refractivity contribution in [1.29, 1.82) is 0 Å². The van der Waals surface area contributed by atoms with Gasteiger partial charge in [0.05, 0.1) is 12.7 Å². The number of nitrogens with zero attached hydrogens (tertiary/aromatic N) is 1. The van der Waals surface area contributed by atoms with Crippen LogP contribution in [0.25, 0.3) is 11.1 Å². The van der Waals surface area contributed by atoms with E-state index in [1.54, 1.807) is 6.92 Å². The predicted octanol–water partition coefficient (Wildman–Crippen LogP) is 4.82. The van der Waals surface area contributed by atoms with Crippen LogP contribution in [0.3, 0.4) is 0 Å². The fraction of sp³-hybridized carbons (Fsp3) is 0.323. The number of amides is 2. The topological polar surface area (TPSA) is 105 Å². The molecule has 0 saturated carbocycles. The van der Waals surface area contributed by atoms with Gasteiger partial charge in [-0.3, -0.25) is 9.59 Å². The Morgan fingerprint density at radius 2 is 1.51 bits per heavy atom. The van der Waals surface area contributed by atoms with Gasteiger partial charge in [-0.05, 0) is 41.2 Å². The second kappa shape index (κ2) is 13.1. The number of carboxylic acids is 1. The summed E-state index contributed by atoms with van der Waals surface area (Å²) in [5, 5.41) is 12.0. The van der Waals surface area contributed by atoms with Crippen LogP contribution in [-0.4, -0.2) is 59.8 Å². The van der Waals surface area contributed by atoms with Gasteiger partial charge in [0, 0.05) is 12.5 Å². The molecule has 0 aromatic heterocycles. The van der Waals surface area contributed by atoms with Crippen molar-refractivity contribution in [1.82, 2.24) is 10.2 Å². The van der Waals surface area contributed by atoms with Crippen LogP contribution in [0.15, 0.2) is 78.9 Å². The van der Waals surface area contributed by atoms with Crippen LogP contribution in [0.2, 0.25) is 0 Å². The first kappa shape index (κ1) is 27.9. The van der Waals surface area contributed by atoms with E-state index in [1.807, 2.05) is 73.7 Å². The number of ether oxygens (including phenoxy) is 2. The van der Waals surface area contributed by atoms with Gasteiger partial charge >= 0.3 is 12.1 Å². The van der Waals surface area contributed by atoms with Crippen molar-refractivity contribution in [3.05, 3.63) is 95.6 Å². The molecule has 0 bridgehead atoms. The summed E-state index contributed by atoms with van der Waals surface area (Å²) < 4.78 is 11.6. The smallest absolute Gasteiger partial charge is 0.407 e. The van der Waals surface area contributed by atoms with E-state index < -0.39 is 36.7 Å². The molecular weight excluding hydrogens is 496 g/mol. The molecule has 0 radical (unpaired) electrons. The highest BCUT2D eigenvalue weighted by molar-refractivity contribution is 5.88. The SMILES string of the molecule is CCCN(CC(=O)O)C(=O)C(NC(=O)OCC1c2ccccc2-c2ccccc21)C(C)OCc1ccccc1. The Kier molecular flexibility index (Phi) is 9.33. The molecule has 0 aliphatic heterocycles. The normalized spacial score (nSPS) is 13.6. The zero-order chi connectivity index (χ0) is 27.8. The van der Waals surface area contributed by atoms with Gasteiger partial charge < -0.3 is 24.8 Å². The summed E-state index contributed by atoms with van der Waals surface area (Å²) in [5.41, 5.74) is 5.29. The van der Waals surface area contributed by atoms with E-state index in [4.69, 9.17) is 9.47 Å². The minimum atomic E-state index is -1.13. The lowest BCUT2D eigenvalue weighted by Gasteiger charge is -2.30. The predicted molar refractivity (Wildman–Crippen MR) is 147 cm³/mol. The second-order valence-electron chi connectivity index (χ2n) is 9.60. The Balaban J connectivity index is 1.48. The third kappa shape index (κ3) is 6.83. The van der Waals surface area contributed by atoms with Crippen molar-refractivity contribution in [3.8, 4) is 11.1 Å². The number of rotatable bonds is 12. The number of alkyl carbamates (subject to hydrolysis) is 1. The lowest BCUT2D eigenvalue weighted by atomic mass is 9.98. The minimum absolute atomic E-state index is 0.0911. The van der Waals surface area contributed by atoms with Gasteiger partial charge in [0.1, 0.15) is 19.2 Å². The average molecular weight is 531 g/mol. The Bertz CT molecular complexity index is 1250. The molecule has 2 amide bonds. The summed E-state index contributed by atoms with van der Waals surface area (Å²) in [6, 6.07) is 24.4. The highest BCUT2D eigenvalue weighted by Gasteiger charge is 2.34.